The molecular weight excluding hydrogens is 128 g/mol. The predicted octanol–water partition coefficient (Wildman–Crippen LogP) is 1.57. The number of ether oxygens (including phenoxy) is 1. The topological polar surface area (TPSA) is 29.5 Å². The van der Waals surface area contributed by atoms with Crippen molar-refractivity contribution in [2.45, 2.75) is 52.4 Å². The van der Waals surface area contributed by atoms with Gasteiger partial charge in [0.15, 0.2) is 0 Å². The lowest BCUT2D eigenvalue weighted by atomic mass is 10.2. The second kappa shape index (κ2) is 4.69. The molecule has 0 aliphatic heterocycles. The fourth-order valence-corrected chi connectivity index (χ4v) is 0.852. The summed E-state index contributed by atoms with van der Waals surface area (Å²) in [6.45, 7) is 7.79. The zero-order valence-electron chi connectivity index (χ0n) is 7.29. The molecule has 0 aliphatic rings. The molecule has 0 spiro atoms. The molecule has 0 aromatic carbocycles. The van der Waals surface area contributed by atoms with Gasteiger partial charge in [0.05, 0.1) is 18.3 Å². The average molecular weight is 146 g/mol. The van der Waals surface area contributed by atoms with E-state index in [4.69, 9.17) is 4.74 Å². The molecule has 0 fully saturated rings. The van der Waals surface area contributed by atoms with E-state index in [1.54, 1.807) is 0 Å². The molecule has 0 amide bonds. The Balaban J connectivity index is 3.50. The Bertz CT molecular complexity index is 81.3. The van der Waals surface area contributed by atoms with Crippen LogP contribution in [0, 0.1) is 0 Å². The molecular formula is C8H18O2. The van der Waals surface area contributed by atoms with Crippen molar-refractivity contribution in [1.82, 2.24) is 0 Å². The van der Waals surface area contributed by atoms with E-state index in [0.29, 0.717) is 0 Å². The Morgan fingerprint density at radius 2 is 1.80 bits per heavy atom. The Kier molecular flexibility index (Phi) is 4.65. The van der Waals surface area contributed by atoms with Gasteiger partial charge in [-0.15, -0.1) is 0 Å². The van der Waals surface area contributed by atoms with E-state index in [2.05, 4.69) is 0 Å². The SMILES string of the molecule is CC[C@H](O)C(C)OC(C)C. The Morgan fingerprint density at radius 3 is 2.10 bits per heavy atom. The normalized spacial score (nSPS) is 17.4. The van der Waals surface area contributed by atoms with Gasteiger partial charge in [-0.1, -0.05) is 6.92 Å². The van der Waals surface area contributed by atoms with E-state index < -0.39 is 0 Å². The maximum Gasteiger partial charge on any atom is 0.0809 e. The predicted molar refractivity (Wildman–Crippen MR) is 42.0 cm³/mol. The first kappa shape index (κ1) is 9.92. The lowest BCUT2D eigenvalue weighted by Crippen LogP contribution is -2.27. The Hall–Kier alpha value is -0.0800. The zero-order valence-corrected chi connectivity index (χ0v) is 7.29. The highest BCUT2D eigenvalue weighted by atomic mass is 16.5. The minimum atomic E-state index is -0.317. The summed E-state index contributed by atoms with van der Waals surface area (Å²) < 4.78 is 5.35. The highest BCUT2D eigenvalue weighted by Gasteiger charge is 2.12. The molecule has 62 valence electrons. The van der Waals surface area contributed by atoms with Gasteiger partial charge in [-0.25, -0.2) is 0 Å². The molecule has 2 heteroatoms. The maximum absolute atomic E-state index is 9.25. The number of aliphatic hydroxyl groups is 1. The van der Waals surface area contributed by atoms with E-state index in [0.717, 1.165) is 6.42 Å². The van der Waals surface area contributed by atoms with Crippen molar-refractivity contribution in [1.29, 1.82) is 0 Å². The summed E-state index contributed by atoms with van der Waals surface area (Å²) in [4.78, 5) is 0. The van der Waals surface area contributed by atoms with Crippen molar-refractivity contribution >= 4 is 0 Å². The molecule has 0 radical (unpaired) electrons. The summed E-state index contributed by atoms with van der Waals surface area (Å²) in [6, 6.07) is 0. The average Bonchev–Trinajstić information content (AvgIpc) is 1.85. The first-order valence-electron chi connectivity index (χ1n) is 3.91. The van der Waals surface area contributed by atoms with Gasteiger partial charge in [-0.05, 0) is 27.2 Å². The van der Waals surface area contributed by atoms with Crippen LogP contribution in [0.25, 0.3) is 0 Å². The molecule has 1 N–H and O–H groups in total. The van der Waals surface area contributed by atoms with Gasteiger partial charge in [-0.2, -0.15) is 0 Å². The molecule has 1 unspecified atom stereocenters. The summed E-state index contributed by atoms with van der Waals surface area (Å²) in [5, 5.41) is 9.25. The summed E-state index contributed by atoms with van der Waals surface area (Å²) in [5.74, 6) is 0. The Labute approximate surface area is 63.2 Å². The fourth-order valence-electron chi connectivity index (χ4n) is 0.852. The van der Waals surface area contributed by atoms with Gasteiger partial charge >= 0.3 is 0 Å². The van der Waals surface area contributed by atoms with Crippen LogP contribution in [0.3, 0.4) is 0 Å². The van der Waals surface area contributed by atoms with E-state index in [1.807, 2.05) is 27.7 Å². The molecule has 0 aliphatic carbocycles. The minimum absolute atomic E-state index is 0.0370. The molecule has 0 aromatic heterocycles. The largest absolute Gasteiger partial charge is 0.390 e. The van der Waals surface area contributed by atoms with Crippen LogP contribution in [-0.4, -0.2) is 23.4 Å². The quantitative estimate of drug-likeness (QED) is 0.652. The second-order valence-corrected chi connectivity index (χ2v) is 2.87. The smallest absolute Gasteiger partial charge is 0.0809 e. The Morgan fingerprint density at radius 1 is 1.30 bits per heavy atom. The van der Waals surface area contributed by atoms with Gasteiger partial charge in [0.1, 0.15) is 0 Å². The highest BCUT2D eigenvalue weighted by Crippen LogP contribution is 2.04. The molecule has 2 atom stereocenters. The van der Waals surface area contributed by atoms with Crippen molar-refractivity contribution in [2.24, 2.45) is 0 Å². The van der Waals surface area contributed by atoms with Gasteiger partial charge in [-0.3, -0.25) is 0 Å². The number of hydrogen-bond donors (Lipinski definition) is 1. The van der Waals surface area contributed by atoms with E-state index in [1.165, 1.54) is 0 Å². The maximum atomic E-state index is 9.25. The first-order valence-corrected chi connectivity index (χ1v) is 3.91. The molecule has 0 saturated heterocycles. The van der Waals surface area contributed by atoms with Gasteiger partial charge < -0.3 is 9.84 Å². The summed E-state index contributed by atoms with van der Waals surface area (Å²) >= 11 is 0. The van der Waals surface area contributed by atoms with Crippen LogP contribution in [0.1, 0.15) is 34.1 Å². The van der Waals surface area contributed by atoms with Gasteiger partial charge in [0, 0.05) is 0 Å². The lowest BCUT2D eigenvalue weighted by Gasteiger charge is -2.20. The van der Waals surface area contributed by atoms with Crippen molar-refractivity contribution in [2.75, 3.05) is 0 Å². The van der Waals surface area contributed by atoms with Gasteiger partial charge in [0.25, 0.3) is 0 Å². The van der Waals surface area contributed by atoms with Crippen LogP contribution in [0.15, 0.2) is 0 Å². The number of aliphatic hydroxyl groups excluding tert-OH is 1. The van der Waals surface area contributed by atoms with Crippen LogP contribution in [0.5, 0.6) is 0 Å². The van der Waals surface area contributed by atoms with Crippen LogP contribution in [-0.2, 0) is 4.74 Å². The van der Waals surface area contributed by atoms with E-state index in [-0.39, 0.29) is 18.3 Å². The molecule has 0 bridgehead atoms. The molecule has 0 saturated carbocycles. The monoisotopic (exact) mass is 146 g/mol. The van der Waals surface area contributed by atoms with Crippen LogP contribution in [0.4, 0.5) is 0 Å². The van der Waals surface area contributed by atoms with Crippen molar-refractivity contribution < 1.29 is 9.84 Å². The standard InChI is InChI=1S/C8H18O2/c1-5-8(9)7(4)10-6(2)3/h6-9H,5H2,1-4H3/t7?,8-/m0/s1. The van der Waals surface area contributed by atoms with E-state index in [9.17, 15) is 5.11 Å². The van der Waals surface area contributed by atoms with Crippen LogP contribution in [0.2, 0.25) is 0 Å². The molecule has 0 aromatic rings. The fraction of sp³-hybridized carbons (Fsp3) is 1.00. The van der Waals surface area contributed by atoms with Crippen molar-refractivity contribution in [3.05, 3.63) is 0 Å². The van der Waals surface area contributed by atoms with Crippen molar-refractivity contribution in [3.63, 3.8) is 0 Å². The second-order valence-electron chi connectivity index (χ2n) is 2.87. The third-order valence-corrected chi connectivity index (χ3v) is 1.45. The zero-order chi connectivity index (χ0) is 8.15. The minimum Gasteiger partial charge on any atom is -0.390 e. The number of rotatable bonds is 4. The summed E-state index contributed by atoms with van der Waals surface area (Å²) in [6.07, 6.45) is 0.608. The molecule has 2 nitrogen and oxygen atoms in total. The third-order valence-electron chi connectivity index (χ3n) is 1.45. The summed E-state index contributed by atoms with van der Waals surface area (Å²) in [5.41, 5.74) is 0. The molecule has 10 heavy (non-hydrogen) atoms. The van der Waals surface area contributed by atoms with Crippen LogP contribution < -0.4 is 0 Å². The molecule has 0 rings (SSSR count). The van der Waals surface area contributed by atoms with Crippen molar-refractivity contribution in [3.8, 4) is 0 Å². The van der Waals surface area contributed by atoms with Crippen LogP contribution >= 0.6 is 0 Å². The lowest BCUT2D eigenvalue weighted by molar-refractivity contribution is -0.0554. The number of hydrogen-bond acceptors (Lipinski definition) is 2. The highest BCUT2D eigenvalue weighted by molar-refractivity contribution is 4.61. The van der Waals surface area contributed by atoms with E-state index >= 15 is 0 Å². The molecule has 0 heterocycles. The first-order chi connectivity index (χ1) is 4.57. The third kappa shape index (κ3) is 3.85. The summed E-state index contributed by atoms with van der Waals surface area (Å²) in [7, 11) is 0. The van der Waals surface area contributed by atoms with Gasteiger partial charge in [0.2, 0.25) is 0 Å².